The molecule has 0 unspecified atom stereocenters. The molecule has 3 rings (SSSR count). The molecule has 7 heteroatoms. The number of thiophene rings is 1. The van der Waals surface area contributed by atoms with E-state index >= 15 is 0 Å². The molecule has 1 aromatic carbocycles. The molecule has 2 heterocycles. The van der Waals surface area contributed by atoms with Crippen molar-refractivity contribution in [3.05, 3.63) is 46.6 Å². The Morgan fingerprint density at radius 2 is 2.04 bits per heavy atom. The number of benzene rings is 1. The predicted octanol–water partition coefficient (Wildman–Crippen LogP) is 3.34. The predicted molar refractivity (Wildman–Crippen MR) is 91.1 cm³/mol. The van der Waals surface area contributed by atoms with Crippen molar-refractivity contribution in [1.29, 1.82) is 0 Å². The maximum absolute atomic E-state index is 11.9. The van der Waals surface area contributed by atoms with Crippen molar-refractivity contribution < 1.29 is 9.63 Å². The summed E-state index contributed by atoms with van der Waals surface area (Å²) in [5.41, 5.74) is 5.78. The summed E-state index contributed by atoms with van der Waals surface area (Å²) in [7, 11) is 1.40. The number of rotatable bonds is 4. The summed E-state index contributed by atoms with van der Waals surface area (Å²) in [6, 6.07) is 5.41. The molecule has 2 aromatic heterocycles. The molecule has 0 bridgehead atoms. The summed E-state index contributed by atoms with van der Waals surface area (Å²) in [6.07, 6.45) is 1.54. The van der Waals surface area contributed by atoms with Gasteiger partial charge in [-0.2, -0.15) is 0 Å². The summed E-state index contributed by atoms with van der Waals surface area (Å²) >= 11 is 1.59. The molecule has 3 aromatic rings. The van der Waals surface area contributed by atoms with Crippen LogP contribution in [0, 0.1) is 13.8 Å². The Morgan fingerprint density at radius 3 is 2.83 bits per heavy atom. The zero-order chi connectivity index (χ0) is 16.4. The van der Waals surface area contributed by atoms with Crippen molar-refractivity contribution >= 4 is 39.0 Å². The molecule has 0 aliphatic heterocycles. The SMILES string of the molecule is CONC(=O)c1ccc(C)c(Nc2ncnc3scc(C)c23)c1. The number of nitrogens with zero attached hydrogens (tertiary/aromatic N) is 2. The molecule has 0 aliphatic carbocycles. The first-order chi connectivity index (χ1) is 11.1. The highest BCUT2D eigenvalue weighted by atomic mass is 32.1. The van der Waals surface area contributed by atoms with Crippen LogP contribution in [0.2, 0.25) is 0 Å². The van der Waals surface area contributed by atoms with Crippen LogP contribution in [0.3, 0.4) is 0 Å². The van der Waals surface area contributed by atoms with Gasteiger partial charge in [-0.05, 0) is 42.5 Å². The number of carbonyl (C=O) groups is 1. The quantitative estimate of drug-likeness (QED) is 0.718. The van der Waals surface area contributed by atoms with E-state index < -0.39 is 0 Å². The second-order valence-corrected chi connectivity index (χ2v) is 5.97. The summed E-state index contributed by atoms with van der Waals surface area (Å²) < 4.78 is 0. The molecule has 0 saturated heterocycles. The van der Waals surface area contributed by atoms with Crippen LogP contribution < -0.4 is 10.8 Å². The largest absolute Gasteiger partial charge is 0.339 e. The molecule has 0 atom stereocenters. The molecule has 6 nitrogen and oxygen atoms in total. The van der Waals surface area contributed by atoms with Gasteiger partial charge in [0, 0.05) is 11.3 Å². The molecular formula is C16H16N4O2S. The minimum absolute atomic E-state index is 0.296. The van der Waals surface area contributed by atoms with Crippen molar-refractivity contribution in [1.82, 2.24) is 15.4 Å². The van der Waals surface area contributed by atoms with E-state index in [-0.39, 0.29) is 5.91 Å². The Hall–Kier alpha value is -2.51. The summed E-state index contributed by atoms with van der Waals surface area (Å²) in [6.45, 7) is 4.00. The fourth-order valence-electron chi connectivity index (χ4n) is 2.29. The molecule has 0 spiro atoms. The summed E-state index contributed by atoms with van der Waals surface area (Å²) in [4.78, 5) is 26.1. The van der Waals surface area contributed by atoms with Crippen LogP contribution in [0.4, 0.5) is 11.5 Å². The molecule has 0 fully saturated rings. The number of aromatic nitrogens is 2. The highest BCUT2D eigenvalue weighted by Gasteiger charge is 2.12. The van der Waals surface area contributed by atoms with Gasteiger partial charge in [0.25, 0.3) is 5.91 Å². The standard InChI is InChI=1S/C16H16N4O2S/c1-9-4-5-11(15(21)20-22-3)6-12(9)19-14-13-10(2)7-23-16(13)18-8-17-14/h4-8H,1-3H3,(H,20,21)(H,17,18,19). The van der Waals surface area contributed by atoms with E-state index in [1.165, 1.54) is 13.4 Å². The van der Waals surface area contributed by atoms with Crippen molar-refractivity contribution in [2.45, 2.75) is 13.8 Å². The second-order valence-electron chi connectivity index (χ2n) is 5.11. The molecule has 23 heavy (non-hydrogen) atoms. The lowest BCUT2D eigenvalue weighted by atomic mass is 10.1. The van der Waals surface area contributed by atoms with Crippen LogP contribution in [0.15, 0.2) is 29.9 Å². The molecule has 1 amide bonds. The van der Waals surface area contributed by atoms with Crippen molar-refractivity contribution in [2.75, 3.05) is 12.4 Å². The number of aryl methyl sites for hydroxylation is 2. The van der Waals surface area contributed by atoms with Crippen LogP contribution in [0.5, 0.6) is 0 Å². The average Bonchev–Trinajstić information content (AvgIpc) is 2.92. The maximum Gasteiger partial charge on any atom is 0.274 e. The monoisotopic (exact) mass is 328 g/mol. The van der Waals surface area contributed by atoms with Gasteiger partial charge in [0.15, 0.2) is 0 Å². The van der Waals surface area contributed by atoms with Crippen molar-refractivity contribution in [2.24, 2.45) is 0 Å². The normalized spacial score (nSPS) is 10.7. The second kappa shape index (κ2) is 6.31. The smallest absolute Gasteiger partial charge is 0.274 e. The highest BCUT2D eigenvalue weighted by molar-refractivity contribution is 7.17. The van der Waals surface area contributed by atoms with Gasteiger partial charge in [-0.15, -0.1) is 11.3 Å². The van der Waals surface area contributed by atoms with E-state index in [0.29, 0.717) is 5.56 Å². The Kier molecular flexibility index (Phi) is 4.22. The van der Waals surface area contributed by atoms with Gasteiger partial charge >= 0.3 is 0 Å². The van der Waals surface area contributed by atoms with E-state index in [1.807, 2.05) is 19.9 Å². The average molecular weight is 328 g/mol. The van der Waals surface area contributed by atoms with Crippen LogP contribution in [-0.4, -0.2) is 23.0 Å². The Balaban J connectivity index is 2.00. The fourth-order valence-corrected chi connectivity index (χ4v) is 3.18. The number of hydroxylamine groups is 1. The van der Waals surface area contributed by atoms with E-state index in [2.05, 4.69) is 31.0 Å². The number of hydrogen-bond acceptors (Lipinski definition) is 6. The van der Waals surface area contributed by atoms with Crippen molar-refractivity contribution in [3.8, 4) is 0 Å². The minimum Gasteiger partial charge on any atom is -0.339 e. The van der Waals surface area contributed by atoms with Crippen molar-refractivity contribution in [3.63, 3.8) is 0 Å². The number of anilines is 2. The first kappa shape index (κ1) is 15.4. The maximum atomic E-state index is 11.9. The first-order valence-electron chi connectivity index (χ1n) is 7.00. The van der Waals surface area contributed by atoms with Gasteiger partial charge in [0.05, 0.1) is 12.5 Å². The molecule has 118 valence electrons. The van der Waals surface area contributed by atoms with Crippen LogP contribution in [-0.2, 0) is 4.84 Å². The summed E-state index contributed by atoms with van der Waals surface area (Å²) in [5, 5.41) is 6.37. The van der Waals surface area contributed by atoms with E-state index in [9.17, 15) is 4.79 Å². The topological polar surface area (TPSA) is 76.1 Å². The zero-order valence-electron chi connectivity index (χ0n) is 13.0. The number of fused-ring (bicyclic) bond motifs is 1. The third-order valence-electron chi connectivity index (χ3n) is 3.50. The number of nitrogens with one attached hydrogen (secondary N) is 2. The highest BCUT2D eigenvalue weighted by Crippen LogP contribution is 2.31. The molecule has 0 saturated carbocycles. The van der Waals surface area contributed by atoms with E-state index in [0.717, 1.165) is 32.8 Å². The lowest BCUT2D eigenvalue weighted by Gasteiger charge is -2.12. The Labute approximate surface area is 137 Å². The van der Waals surface area contributed by atoms with Crippen LogP contribution in [0.25, 0.3) is 10.2 Å². The first-order valence-corrected chi connectivity index (χ1v) is 7.88. The molecule has 0 aliphatic rings. The lowest BCUT2D eigenvalue weighted by Crippen LogP contribution is -2.21. The molecular weight excluding hydrogens is 312 g/mol. The molecule has 0 radical (unpaired) electrons. The van der Waals surface area contributed by atoms with Gasteiger partial charge in [-0.3, -0.25) is 9.63 Å². The van der Waals surface area contributed by atoms with E-state index in [4.69, 9.17) is 0 Å². The number of amides is 1. The van der Waals surface area contributed by atoms with Gasteiger partial charge in [-0.1, -0.05) is 6.07 Å². The number of hydrogen-bond donors (Lipinski definition) is 2. The fraction of sp³-hybridized carbons (Fsp3) is 0.188. The third kappa shape index (κ3) is 3.01. The van der Waals surface area contributed by atoms with Gasteiger partial charge in [-0.25, -0.2) is 15.4 Å². The van der Waals surface area contributed by atoms with Crippen LogP contribution in [0.1, 0.15) is 21.5 Å². The van der Waals surface area contributed by atoms with Crippen LogP contribution >= 0.6 is 11.3 Å². The minimum atomic E-state index is -0.296. The molecule has 2 N–H and O–H groups in total. The third-order valence-corrected chi connectivity index (χ3v) is 4.51. The summed E-state index contributed by atoms with van der Waals surface area (Å²) in [5.74, 6) is 0.441. The number of carbonyl (C=O) groups excluding carboxylic acids is 1. The van der Waals surface area contributed by atoms with E-state index in [1.54, 1.807) is 23.5 Å². The Morgan fingerprint density at radius 1 is 1.22 bits per heavy atom. The van der Waals surface area contributed by atoms with Gasteiger partial charge < -0.3 is 5.32 Å². The van der Waals surface area contributed by atoms with Gasteiger partial charge in [0.1, 0.15) is 17.0 Å². The zero-order valence-corrected chi connectivity index (χ0v) is 13.8. The van der Waals surface area contributed by atoms with Gasteiger partial charge in [0.2, 0.25) is 0 Å². The Bertz CT molecular complexity index is 876. The lowest BCUT2D eigenvalue weighted by molar-refractivity contribution is 0.0537.